The number of anilines is 2. The number of rotatable bonds is 5. The molecule has 2 N–H and O–H groups in total. The average molecular weight is 623 g/mol. The van der Waals surface area contributed by atoms with Gasteiger partial charge in [-0.1, -0.05) is 23.8 Å². The zero-order valence-corrected chi connectivity index (χ0v) is 27.1. The van der Waals surface area contributed by atoms with Gasteiger partial charge in [0.15, 0.2) is 5.11 Å². The van der Waals surface area contributed by atoms with E-state index < -0.39 is 11.8 Å². The maximum atomic E-state index is 13.9. The van der Waals surface area contributed by atoms with Gasteiger partial charge < -0.3 is 9.88 Å². The second-order valence-electron chi connectivity index (χ2n) is 11.6. The van der Waals surface area contributed by atoms with Gasteiger partial charge in [-0.05, 0) is 131 Å². The first-order valence-corrected chi connectivity index (χ1v) is 16.0. The predicted molar refractivity (Wildman–Crippen MR) is 181 cm³/mol. The van der Waals surface area contributed by atoms with Gasteiger partial charge >= 0.3 is 0 Å². The van der Waals surface area contributed by atoms with Crippen molar-refractivity contribution in [3.05, 3.63) is 104 Å². The van der Waals surface area contributed by atoms with Crippen LogP contribution in [0.2, 0.25) is 0 Å². The Bertz CT molecular complexity index is 1900. The third-order valence-electron chi connectivity index (χ3n) is 8.51. The molecule has 0 bridgehead atoms. The number of thiocarbonyl (C=S) groups is 1. The van der Waals surface area contributed by atoms with E-state index >= 15 is 0 Å². The highest BCUT2D eigenvalue weighted by Gasteiger charge is 2.35. The van der Waals surface area contributed by atoms with Crippen molar-refractivity contribution >= 4 is 63.8 Å². The van der Waals surface area contributed by atoms with Gasteiger partial charge in [0.05, 0.1) is 11.3 Å². The molecule has 2 aliphatic rings. The first-order valence-electron chi connectivity index (χ1n) is 14.7. The van der Waals surface area contributed by atoms with Crippen LogP contribution in [0.25, 0.3) is 11.1 Å². The van der Waals surface area contributed by atoms with Crippen LogP contribution >= 0.6 is 23.6 Å². The molecule has 3 amide bonds. The van der Waals surface area contributed by atoms with Crippen LogP contribution in [0.4, 0.5) is 11.4 Å². The van der Waals surface area contributed by atoms with E-state index in [1.54, 1.807) is 17.4 Å². The average Bonchev–Trinajstić information content (AvgIpc) is 3.49. The van der Waals surface area contributed by atoms with Gasteiger partial charge in [0.2, 0.25) is 0 Å². The normalized spacial score (nSPS) is 15.9. The molecule has 1 saturated heterocycles. The summed E-state index contributed by atoms with van der Waals surface area (Å²) in [6.45, 7) is 9.92. The van der Waals surface area contributed by atoms with Crippen LogP contribution in [0.5, 0.6) is 0 Å². The van der Waals surface area contributed by atoms with Crippen molar-refractivity contribution in [3.63, 3.8) is 0 Å². The van der Waals surface area contributed by atoms with Gasteiger partial charge in [0.25, 0.3) is 17.7 Å². The number of nitrogens with zero attached hydrogens (tertiary/aromatic N) is 2. The van der Waals surface area contributed by atoms with Gasteiger partial charge in [0, 0.05) is 22.0 Å². The number of thiophene rings is 1. The molecular weight excluding hydrogens is 589 g/mol. The lowest BCUT2D eigenvalue weighted by Crippen LogP contribution is -2.54. The molecule has 224 valence electrons. The molecule has 44 heavy (non-hydrogen) atoms. The largest absolute Gasteiger partial charge is 0.322 e. The van der Waals surface area contributed by atoms with Crippen molar-refractivity contribution in [1.29, 1.82) is 0 Å². The number of hydrogen-bond donors (Lipinski definition) is 2. The van der Waals surface area contributed by atoms with Crippen LogP contribution in [0.15, 0.2) is 54.1 Å². The van der Waals surface area contributed by atoms with Crippen molar-refractivity contribution in [1.82, 2.24) is 9.88 Å². The first-order chi connectivity index (χ1) is 21.0. The fraction of sp³-hybridized carbons (Fsp3) is 0.257. The Labute approximate surface area is 266 Å². The number of carbonyl (C=O) groups excluding carboxylic acids is 3. The number of amides is 3. The van der Waals surface area contributed by atoms with E-state index in [4.69, 9.17) is 12.2 Å². The minimum Gasteiger partial charge on any atom is -0.322 e. The molecule has 0 saturated carbocycles. The summed E-state index contributed by atoms with van der Waals surface area (Å²) in [4.78, 5) is 43.3. The Morgan fingerprint density at radius 1 is 0.955 bits per heavy atom. The van der Waals surface area contributed by atoms with Gasteiger partial charge in [-0.15, -0.1) is 11.3 Å². The lowest BCUT2D eigenvalue weighted by molar-refractivity contribution is -0.122. The van der Waals surface area contributed by atoms with Crippen LogP contribution in [0, 0.1) is 34.6 Å². The molecule has 0 radical (unpaired) electrons. The second-order valence-corrected chi connectivity index (χ2v) is 13.1. The number of aromatic nitrogens is 1. The molecule has 0 spiro atoms. The van der Waals surface area contributed by atoms with Crippen molar-refractivity contribution in [3.8, 4) is 5.00 Å². The molecule has 4 aromatic rings. The second kappa shape index (κ2) is 11.6. The molecule has 1 aliphatic carbocycles. The Balaban J connectivity index is 1.41. The predicted octanol–water partition coefficient (Wildman–Crippen LogP) is 7.04. The molecule has 1 fully saturated rings. The van der Waals surface area contributed by atoms with Gasteiger partial charge in [-0.2, -0.15) is 0 Å². The van der Waals surface area contributed by atoms with Crippen molar-refractivity contribution in [2.45, 2.75) is 60.3 Å². The zero-order valence-electron chi connectivity index (χ0n) is 25.5. The lowest BCUT2D eigenvalue weighted by atomic mass is 9.95. The van der Waals surface area contributed by atoms with Crippen molar-refractivity contribution < 1.29 is 14.4 Å². The van der Waals surface area contributed by atoms with Crippen LogP contribution < -0.4 is 15.5 Å². The maximum absolute atomic E-state index is 13.9. The minimum absolute atomic E-state index is 0.000102. The van der Waals surface area contributed by atoms with Gasteiger partial charge in [0.1, 0.15) is 10.6 Å². The van der Waals surface area contributed by atoms with Crippen LogP contribution in [-0.2, 0) is 22.4 Å². The number of nitrogens with one attached hydrogen (secondary N) is 2. The summed E-state index contributed by atoms with van der Waals surface area (Å²) in [6, 6.07) is 15.4. The van der Waals surface area contributed by atoms with Gasteiger partial charge in [-0.3, -0.25) is 24.6 Å². The zero-order chi connectivity index (χ0) is 31.3. The summed E-state index contributed by atoms with van der Waals surface area (Å²) in [6.07, 6.45) is 5.59. The fourth-order valence-corrected chi connectivity index (χ4v) is 7.71. The van der Waals surface area contributed by atoms with E-state index in [9.17, 15) is 14.4 Å². The number of benzene rings is 2. The summed E-state index contributed by atoms with van der Waals surface area (Å²) in [7, 11) is 0. The topological polar surface area (TPSA) is 83.4 Å². The molecule has 7 nitrogen and oxygen atoms in total. The SMILES string of the molecule is Cc1ccc(NC(=O)c2c(-n3c(C)cc(/C=C4\C(=O)NC(=S)N(c5ccc(C)c(C)c5)C4=O)c3C)sc3c2CCCC3)cc1. The number of hydrogen-bond acceptors (Lipinski definition) is 5. The highest BCUT2D eigenvalue weighted by atomic mass is 32.1. The molecule has 2 aromatic heterocycles. The summed E-state index contributed by atoms with van der Waals surface area (Å²) in [5.74, 6) is -1.14. The van der Waals surface area contributed by atoms with E-state index in [0.717, 1.165) is 75.6 Å². The summed E-state index contributed by atoms with van der Waals surface area (Å²) in [5.41, 5.74) is 8.88. The Morgan fingerprint density at radius 2 is 1.68 bits per heavy atom. The standard InChI is InChI=1S/C35H34N4O3S2/c1-19-10-13-25(14-11-19)36-32(41)30-27-8-6-7-9-29(27)44-34(30)38-22(4)17-24(23(38)5)18-28-31(40)37-35(43)39(33(28)42)26-15-12-20(2)21(3)16-26/h10-18H,6-9H2,1-5H3,(H,36,41)(H,37,40,43)/b28-18+. The van der Waals surface area contributed by atoms with E-state index in [-0.39, 0.29) is 16.6 Å². The summed E-state index contributed by atoms with van der Waals surface area (Å²) >= 11 is 7.07. The highest BCUT2D eigenvalue weighted by Crippen LogP contribution is 2.39. The number of carbonyl (C=O) groups is 3. The molecule has 6 rings (SSSR count). The molecule has 0 unspecified atom stereocenters. The van der Waals surface area contributed by atoms with E-state index in [2.05, 4.69) is 15.2 Å². The van der Waals surface area contributed by atoms with E-state index in [1.807, 2.05) is 83.1 Å². The van der Waals surface area contributed by atoms with E-state index in [0.29, 0.717) is 11.3 Å². The smallest absolute Gasteiger partial charge is 0.270 e. The summed E-state index contributed by atoms with van der Waals surface area (Å²) < 4.78 is 2.08. The number of fused-ring (bicyclic) bond motifs is 1. The molecule has 0 atom stereocenters. The molecule has 3 heterocycles. The number of aryl methyl sites for hydroxylation is 5. The molecule has 1 aliphatic heterocycles. The molecule has 9 heteroatoms. The van der Waals surface area contributed by atoms with Crippen LogP contribution in [-0.4, -0.2) is 27.4 Å². The third kappa shape index (κ3) is 5.31. The van der Waals surface area contributed by atoms with Gasteiger partial charge in [-0.25, -0.2) is 0 Å². The lowest BCUT2D eigenvalue weighted by Gasteiger charge is -2.29. The minimum atomic E-state index is -0.533. The van der Waals surface area contributed by atoms with E-state index in [1.165, 1.54) is 9.78 Å². The molecule has 2 aromatic carbocycles. The van der Waals surface area contributed by atoms with Crippen LogP contribution in [0.3, 0.4) is 0 Å². The Hall–Kier alpha value is -4.34. The summed E-state index contributed by atoms with van der Waals surface area (Å²) in [5, 5.41) is 6.72. The van der Waals surface area contributed by atoms with Crippen molar-refractivity contribution in [2.24, 2.45) is 0 Å². The quantitative estimate of drug-likeness (QED) is 0.142. The molecular formula is C35H34N4O3S2. The monoisotopic (exact) mass is 622 g/mol. The van der Waals surface area contributed by atoms with Crippen molar-refractivity contribution in [2.75, 3.05) is 10.2 Å². The Morgan fingerprint density at radius 3 is 2.41 bits per heavy atom. The Kier molecular flexibility index (Phi) is 7.86. The maximum Gasteiger partial charge on any atom is 0.270 e. The fourth-order valence-electron chi connectivity index (χ4n) is 5.93. The highest BCUT2D eigenvalue weighted by molar-refractivity contribution is 7.80. The first kappa shape index (κ1) is 29.7. The third-order valence-corrected chi connectivity index (χ3v) is 10.1. The van der Waals surface area contributed by atoms with Crippen LogP contribution in [0.1, 0.15) is 67.3 Å².